The van der Waals surface area contributed by atoms with Gasteiger partial charge in [0.05, 0.1) is 0 Å². The standard InChI is InChI=1S/C13H11N3O3/c1-7-5-8-9(6-10-14-3-4-16(10)2)19-13(18)11(8)12(17)15-7/h3-6H,1-2H3,(H,15,17)/b9-6-. The average molecular weight is 257 g/mol. The van der Waals surface area contributed by atoms with Crippen molar-refractivity contribution in [2.24, 2.45) is 7.05 Å². The molecule has 0 atom stereocenters. The van der Waals surface area contributed by atoms with E-state index >= 15 is 0 Å². The topological polar surface area (TPSA) is 77.0 Å². The molecule has 0 fully saturated rings. The van der Waals surface area contributed by atoms with Crippen LogP contribution < -0.4 is 5.56 Å². The molecule has 0 amide bonds. The number of aryl methyl sites for hydroxylation is 2. The van der Waals surface area contributed by atoms with Crippen LogP contribution in [0.25, 0.3) is 11.8 Å². The second-order valence-corrected chi connectivity index (χ2v) is 4.36. The van der Waals surface area contributed by atoms with E-state index in [9.17, 15) is 9.59 Å². The van der Waals surface area contributed by atoms with E-state index < -0.39 is 11.5 Å². The smallest absolute Gasteiger partial charge is 0.349 e. The maximum absolute atomic E-state index is 11.8. The first kappa shape index (κ1) is 11.5. The Bertz CT molecular complexity index is 768. The van der Waals surface area contributed by atoms with Crippen molar-refractivity contribution in [1.82, 2.24) is 14.5 Å². The number of nitrogens with zero attached hydrogens (tertiary/aromatic N) is 2. The zero-order valence-corrected chi connectivity index (χ0v) is 10.4. The number of fused-ring (bicyclic) bond motifs is 1. The molecular weight excluding hydrogens is 246 g/mol. The summed E-state index contributed by atoms with van der Waals surface area (Å²) >= 11 is 0. The summed E-state index contributed by atoms with van der Waals surface area (Å²) in [5.74, 6) is 0.369. The number of carbonyl (C=O) groups excluding carboxylic acids is 1. The van der Waals surface area contributed by atoms with Crippen LogP contribution in [0.5, 0.6) is 0 Å². The van der Waals surface area contributed by atoms with E-state index in [1.807, 2.05) is 7.05 Å². The van der Waals surface area contributed by atoms with Gasteiger partial charge in [0.25, 0.3) is 5.56 Å². The molecule has 0 aromatic carbocycles. The summed E-state index contributed by atoms with van der Waals surface area (Å²) in [6.45, 7) is 1.75. The third kappa shape index (κ3) is 1.77. The fraction of sp³-hybridized carbons (Fsp3) is 0.154. The highest BCUT2D eigenvalue weighted by Gasteiger charge is 2.30. The Hall–Kier alpha value is -2.63. The number of aromatic amines is 1. The number of nitrogens with one attached hydrogen (secondary N) is 1. The van der Waals surface area contributed by atoms with Crippen LogP contribution in [0.3, 0.4) is 0 Å². The zero-order valence-electron chi connectivity index (χ0n) is 10.4. The predicted octanol–water partition coefficient (Wildman–Crippen LogP) is 1.09. The SMILES string of the molecule is Cc1cc2c(c(=O)[nH]1)C(=O)O/C2=C\c1nccn1C. The van der Waals surface area contributed by atoms with E-state index in [4.69, 9.17) is 4.74 Å². The van der Waals surface area contributed by atoms with E-state index in [2.05, 4.69) is 9.97 Å². The van der Waals surface area contributed by atoms with Gasteiger partial charge in [0.15, 0.2) is 0 Å². The molecule has 1 aliphatic rings. The number of aromatic nitrogens is 3. The van der Waals surface area contributed by atoms with Crippen molar-refractivity contribution in [1.29, 1.82) is 0 Å². The molecule has 96 valence electrons. The van der Waals surface area contributed by atoms with Crippen molar-refractivity contribution in [3.8, 4) is 0 Å². The maximum Gasteiger partial charge on any atom is 0.349 e. The molecule has 0 aliphatic carbocycles. The Morgan fingerprint density at radius 1 is 1.42 bits per heavy atom. The van der Waals surface area contributed by atoms with Crippen LogP contribution in [0.2, 0.25) is 0 Å². The molecule has 19 heavy (non-hydrogen) atoms. The Morgan fingerprint density at radius 3 is 2.89 bits per heavy atom. The molecule has 2 aromatic rings. The van der Waals surface area contributed by atoms with Gasteiger partial charge in [0, 0.05) is 36.8 Å². The van der Waals surface area contributed by atoms with Gasteiger partial charge in [-0.25, -0.2) is 9.78 Å². The van der Waals surface area contributed by atoms with Gasteiger partial charge in [-0.2, -0.15) is 0 Å². The largest absolute Gasteiger partial charge is 0.422 e. The van der Waals surface area contributed by atoms with Crippen LogP contribution in [-0.4, -0.2) is 20.5 Å². The lowest BCUT2D eigenvalue weighted by molar-refractivity contribution is 0.0715. The molecule has 0 saturated carbocycles. The predicted molar refractivity (Wildman–Crippen MR) is 68.3 cm³/mol. The number of hydrogen-bond acceptors (Lipinski definition) is 4. The van der Waals surface area contributed by atoms with E-state index in [1.165, 1.54) is 0 Å². The van der Waals surface area contributed by atoms with Crippen molar-refractivity contribution >= 4 is 17.8 Å². The summed E-state index contributed by atoms with van der Waals surface area (Å²) < 4.78 is 6.94. The molecule has 6 heteroatoms. The van der Waals surface area contributed by atoms with Crippen LogP contribution >= 0.6 is 0 Å². The summed E-state index contributed by atoms with van der Waals surface area (Å²) in [4.78, 5) is 30.2. The molecule has 0 bridgehead atoms. The number of hydrogen-bond donors (Lipinski definition) is 1. The van der Waals surface area contributed by atoms with E-state index in [1.54, 1.807) is 36.0 Å². The minimum atomic E-state index is -0.628. The summed E-state index contributed by atoms with van der Waals surface area (Å²) in [5.41, 5.74) is 0.802. The molecule has 2 aromatic heterocycles. The summed E-state index contributed by atoms with van der Waals surface area (Å²) in [5, 5.41) is 0. The van der Waals surface area contributed by atoms with Crippen molar-refractivity contribution in [3.05, 3.63) is 51.5 Å². The van der Waals surface area contributed by atoms with E-state index in [0.29, 0.717) is 22.8 Å². The van der Waals surface area contributed by atoms with Crippen molar-refractivity contribution in [2.75, 3.05) is 0 Å². The lowest BCUT2D eigenvalue weighted by Crippen LogP contribution is -2.16. The van der Waals surface area contributed by atoms with Crippen molar-refractivity contribution in [3.63, 3.8) is 0 Å². The lowest BCUT2D eigenvalue weighted by Gasteiger charge is -2.00. The van der Waals surface area contributed by atoms with Gasteiger partial charge in [-0.3, -0.25) is 4.79 Å². The first-order valence-corrected chi connectivity index (χ1v) is 5.72. The molecule has 3 heterocycles. The molecule has 0 saturated heterocycles. The number of rotatable bonds is 1. The van der Waals surface area contributed by atoms with Crippen LogP contribution in [0, 0.1) is 6.92 Å². The number of pyridine rings is 1. The fourth-order valence-corrected chi connectivity index (χ4v) is 2.03. The Balaban J connectivity index is 2.20. The van der Waals surface area contributed by atoms with Crippen LogP contribution in [0.4, 0.5) is 0 Å². The number of imidazole rings is 1. The third-order valence-corrected chi connectivity index (χ3v) is 2.96. The summed E-state index contributed by atoms with van der Waals surface area (Å²) in [6.07, 6.45) is 5.07. The highest BCUT2D eigenvalue weighted by atomic mass is 16.5. The minimum Gasteiger partial charge on any atom is -0.422 e. The molecule has 0 spiro atoms. The number of carbonyl (C=O) groups is 1. The van der Waals surface area contributed by atoms with Gasteiger partial charge in [-0.05, 0) is 13.0 Å². The molecule has 6 nitrogen and oxygen atoms in total. The zero-order chi connectivity index (χ0) is 13.6. The van der Waals surface area contributed by atoms with Gasteiger partial charge >= 0.3 is 5.97 Å². The molecule has 1 aliphatic heterocycles. The maximum atomic E-state index is 11.8. The first-order chi connectivity index (χ1) is 9.06. The monoisotopic (exact) mass is 257 g/mol. The average Bonchev–Trinajstić information content (AvgIpc) is 2.85. The van der Waals surface area contributed by atoms with Crippen LogP contribution in [0.15, 0.2) is 23.3 Å². The van der Waals surface area contributed by atoms with Crippen LogP contribution in [0.1, 0.15) is 27.4 Å². The highest BCUT2D eigenvalue weighted by Crippen LogP contribution is 2.29. The minimum absolute atomic E-state index is 0.0473. The van der Waals surface area contributed by atoms with E-state index in [-0.39, 0.29) is 5.56 Å². The third-order valence-electron chi connectivity index (χ3n) is 2.96. The molecule has 0 unspecified atom stereocenters. The Morgan fingerprint density at radius 2 is 2.21 bits per heavy atom. The lowest BCUT2D eigenvalue weighted by atomic mass is 10.1. The van der Waals surface area contributed by atoms with Crippen molar-refractivity contribution < 1.29 is 9.53 Å². The van der Waals surface area contributed by atoms with Gasteiger partial charge < -0.3 is 14.3 Å². The number of ether oxygens (including phenoxy) is 1. The number of esters is 1. The van der Waals surface area contributed by atoms with Gasteiger partial charge in [-0.1, -0.05) is 0 Å². The summed E-state index contributed by atoms with van der Waals surface area (Å²) in [7, 11) is 1.83. The molecule has 1 N–H and O–H groups in total. The Labute approximate surface area is 108 Å². The summed E-state index contributed by atoms with van der Waals surface area (Å²) in [6, 6.07) is 1.72. The fourth-order valence-electron chi connectivity index (χ4n) is 2.03. The first-order valence-electron chi connectivity index (χ1n) is 5.72. The second-order valence-electron chi connectivity index (χ2n) is 4.36. The Kier molecular flexibility index (Phi) is 2.38. The van der Waals surface area contributed by atoms with Crippen molar-refractivity contribution in [2.45, 2.75) is 6.92 Å². The molecule has 3 rings (SSSR count). The highest BCUT2D eigenvalue weighted by molar-refractivity contribution is 6.05. The van der Waals surface area contributed by atoms with Crippen LogP contribution in [-0.2, 0) is 11.8 Å². The molecule has 0 radical (unpaired) electrons. The van der Waals surface area contributed by atoms with E-state index in [0.717, 1.165) is 0 Å². The van der Waals surface area contributed by atoms with Gasteiger partial charge in [-0.15, -0.1) is 0 Å². The quantitative estimate of drug-likeness (QED) is 0.776. The van der Waals surface area contributed by atoms with Gasteiger partial charge in [0.1, 0.15) is 17.1 Å². The normalized spacial score (nSPS) is 15.7. The molecular formula is C13H11N3O3. The van der Waals surface area contributed by atoms with Gasteiger partial charge in [0.2, 0.25) is 0 Å². The number of H-pyrrole nitrogens is 1. The second kappa shape index (κ2) is 3.94. The number of cyclic esters (lactones) is 1.